The first-order chi connectivity index (χ1) is 13.1. The van der Waals surface area contributed by atoms with Crippen LogP contribution < -0.4 is 10.6 Å². The highest BCUT2D eigenvalue weighted by Crippen LogP contribution is 2.27. The van der Waals surface area contributed by atoms with Crippen LogP contribution in [0.2, 0.25) is 5.02 Å². The number of piperidine rings is 1. The molecule has 3 heterocycles. The average molecular weight is 388 g/mol. The van der Waals surface area contributed by atoms with Gasteiger partial charge < -0.3 is 15.5 Å². The van der Waals surface area contributed by atoms with Crippen LogP contribution in [0.25, 0.3) is 0 Å². The van der Waals surface area contributed by atoms with Gasteiger partial charge in [-0.25, -0.2) is 4.68 Å². The van der Waals surface area contributed by atoms with Crippen molar-refractivity contribution in [2.24, 2.45) is 5.92 Å². The molecule has 0 bridgehead atoms. The number of halogens is 1. The van der Waals surface area contributed by atoms with Gasteiger partial charge in [-0.1, -0.05) is 23.7 Å². The summed E-state index contributed by atoms with van der Waals surface area (Å²) in [6, 6.07) is 8.90. The summed E-state index contributed by atoms with van der Waals surface area (Å²) in [6.45, 7) is 3.02. The average Bonchev–Trinajstić information content (AvgIpc) is 3.08. The first-order valence-corrected chi connectivity index (χ1v) is 9.60. The summed E-state index contributed by atoms with van der Waals surface area (Å²) in [7, 11) is 0. The van der Waals surface area contributed by atoms with Crippen molar-refractivity contribution in [3.63, 3.8) is 0 Å². The van der Waals surface area contributed by atoms with Gasteiger partial charge in [-0.2, -0.15) is 5.10 Å². The Kier molecular flexibility index (Phi) is 5.13. The lowest BCUT2D eigenvalue weighted by Crippen LogP contribution is -2.53. The van der Waals surface area contributed by atoms with Gasteiger partial charge in [0.15, 0.2) is 0 Å². The second-order valence-corrected chi connectivity index (χ2v) is 7.41. The fourth-order valence-corrected chi connectivity index (χ4v) is 3.81. The number of carbonyl (C=O) groups excluding carboxylic acids is 2. The van der Waals surface area contributed by atoms with Gasteiger partial charge >= 0.3 is 0 Å². The lowest BCUT2D eigenvalue weighted by molar-refractivity contribution is -0.138. The summed E-state index contributed by atoms with van der Waals surface area (Å²) >= 11 is 6.11. The Morgan fingerprint density at radius 3 is 2.56 bits per heavy atom. The zero-order valence-corrected chi connectivity index (χ0v) is 15.7. The number of aromatic nitrogens is 2. The first kappa shape index (κ1) is 18.0. The number of hydrogen-bond donors (Lipinski definition) is 2. The van der Waals surface area contributed by atoms with Gasteiger partial charge in [0.1, 0.15) is 5.82 Å². The van der Waals surface area contributed by atoms with Crippen LogP contribution in [0.4, 0.5) is 5.82 Å². The predicted molar refractivity (Wildman–Crippen MR) is 103 cm³/mol. The maximum atomic E-state index is 12.5. The molecule has 0 aliphatic carbocycles. The van der Waals surface area contributed by atoms with Crippen LogP contribution in [0.1, 0.15) is 29.2 Å². The molecule has 2 aromatic rings. The van der Waals surface area contributed by atoms with Gasteiger partial charge in [-0.15, -0.1) is 0 Å². The second kappa shape index (κ2) is 7.70. The van der Waals surface area contributed by atoms with Gasteiger partial charge in [-0.05, 0) is 25.0 Å². The molecule has 8 heteroatoms. The third-order valence-electron chi connectivity index (χ3n) is 5.28. The molecule has 2 aliphatic heterocycles. The van der Waals surface area contributed by atoms with E-state index >= 15 is 0 Å². The number of likely N-dealkylation sites (tertiary alicyclic amines) is 1. The number of nitrogens with zero attached hydrogens (tertiary/aromatic N) is 3. The Labute approximate surface area is 162 Å². The van der Waals surface area contributed by atoms with Crippen LogP contribution >= 0.6 is 11.6 Å². The monoisotopic (exact) mass is 387 g/mol. The molecule has 27 heavy (non-hydrogen) atoms. The molecule has 2 fully saturated rings. The number of benzene rings is 1. The third kappa shape index (κ3) is 3.70. The maximum Gasteiger partial charge on any atom is 0.258 e. The molecule has 2 aliphatic rings. The molecule has 2 saturated heterocycles. The molecule has 7 nitrogen and oxygen atoms in total. The number of amides is 2. The minimum Gasteiger partial charge on any atom is -0.342 e. The van der Waals surface area contributed by atoms with Crippen molar-refractivity contribution in [1.29, 1.82) is 0 Å². The van der Waals surface area contributed by atoms with Gasteiger partial charge in [0, 0.05) is 32.2 Å². The first-order valence-electron chi connectivity index (χ1n) is 9.22. The van der Waals surface area contributed by atoms with Gasteiger partial charge in [0.25, 0.3) is 5.91 Å². The van der Waals surface area contributed by atoms with Crippen molar-refractivity contribution in [3.05, 3.63) is 47.1 Å². The Balaban J connectivity index is 1.40. The molecule has 0 saturated carbocycles. The predicted octanol–water partition coefficient (Wildman–Crippen LogP) is 2.17. The van der Waals surface area contributed by atoms with Crippen molar-refractivity contribution in [1.82, 2.24) is 20.0 Å². The van der Waals surface area contributed by atoms with E-state index in [4.69, 9.17) is 11.6 Å². The van der Waals surface area contributed by atoms with Crippen molar-refractivity contribution >= 4 is 29.2 Å². The molecule has 4 rings (SSSR count). The molecule has 142 valence electrons. The van der Waals surface area contributed by atoms with E-state index in [1.165, 1.54) is 0 Å². The molecular weight excluding hydrogens is 366 g/mol. The quantitative estimate of drug-likeness (QED) is 0.842. The second-order valence-electron chi connectivity index (χ2n) is 7.01. The summed E-state index contributed by atoms with van der Waals surface area (Å²) in [5.41, 5.74) is 0.432. The SMILES string of the molecule is O=C(Nc1ccnn1C1CCN(C(=O)C2CNC2)CC1)c1ccccc1Cl. The Morgan fingerprint density at radius 2 is 1.89 bits per heavy atom. The van der Waals surface area contributed by atoms with Crippen LogP contribution in [-0.4, -0.2) is 52.7 Å². The van der Waals surface area contributed by atoms with E-state index in [1.54, 1.807) is 36.5 Å². The number of anilines is 1. The number of carbonyl (C=O) groups is 2. The van der Waals surface area contributed by atoms with Gasteiger partial charge in [-0.3, -0.25) is 9.59 Å². The maximum absolute atomic E-state index is 12.5. The highest BCUT2D eigenvalue weighted by Gasteiger charge is 2.32. The normalized spacial score (nSPS) is 18.2. The molecule has 1 aromatic carbocycles. The van der Waals surface area contributed by atoms with E-state index in [2.05, 4.69) is 15.7 Å². The molecule has 0 atom stereocenters. The van der Waals surface area contributed by atoms with Crippen LogP contribution in [0.3, 0.4) is 0 Å². The summed E-state index contributed by atoms with van der Waals surface area (Å²) in [4.78, 5) is 26.8. The van der Waals surface area contributed by atoms with Crippen molar-refractivity contribution in [2.45, 2.75) is 18.9 Å². The molecule has 2 amide bonds. The van der Waals surface area contributed by atoms with Crippen molar-refractivity contribution in [2.75, 3.05) is 31.5 Å². The number of hydrogen-bond acceptors (Lipinski definition) is 4. The molecule has 0 unspecified atom stereocenters. The highest BCUT2D eigenvalue weighted by atomic mass is 35.5. The van der Waals surface area contributed by atoms with Crippen LogP contribution in [0.5, 0.6) is 0 Å². The molecule has 0 spiro atoms. The van der Waals surface area contributed by atoms with Crippen molar-refractivity contribution < 1.29 is 9.59 Å². The Bertz CT molecular complexity index is 840. The van der Waals surface area contributed by atoms with E-state index in [9.17, 15) is 9.59 Å². The standard InChI is InChI=1S/C19H22ClN5O2/c20-16-4-2-1-3-15(16)18(26)23-17-5-8-22-25(17)14-6-9-24(10-7-14)19(27)13-11-21-12-13/h1-5,8,13-14,21H,6-7,9-12H2,(H,23,26). The van der Waals surface area contributed by atoms with Crippen LogP contribution in [0.15, 0.2) is 36.5 Å². The molecule has 0 radical (unpaired) electrons. The van der Waals surface area contributed by atoms with E-state index in [0.29, 0.717) is 16.4 Å². The van der Waals surface area contributed by atoms with Crippen molar-refractivity contribution in [3.8, 4) is 0 Å². The van der Waals surface area contributed by atoms with E-state index in [-0.39, 0.29) is 23.8 Å². The minimum atomic E-state index is -0.257. The zero-order valence-electron chi connectivity index (χ0n) is 14.9. The van der Waals surface area contributed by atoms with E-state index < -0.39 is 0 Å². The van der Waals surface area contributed by atoms with Crippen LogP contribution in [-0.2, 0) is 4.79 Å². The summed E-state index contributed by atoms with van der Waals surface area (Å²) in [5.74, 6) is 0.775. The fourth-order valence-electron chi connectivity index (χ4n) is 3.59. The summed E-state index contributed by atoms with van der Waals surface area (Å²) in [6.07, 6.45) is 3.32. The molecular formula is C19H22ClN5O2. The number of rotatable bonds is 4. The number of nitrogens with one attached hydrogen (secondary N) is 2. The lowest BCUT2D eigenvalue weighted by atomic mass is 9.98. The molecule has 2 N–H and O–H groups in total. The van der Waals surface area contributed by atoms with Crippen LogP contribution in [0, 0.1) is 5.92 Å². The van der Waals surface area contributed by atoms with E-state index in [1.807, 2.05) is 9.58 Å². The summed E-state index contributed by atoms with van der Waals surface area (Å²) < 4.78 is 1.85. The zero-order chi connectivity index (χ0) is 18.8. The molecule has 1 aromatic heterocycles. The fraction of sp³-hybridized carbons (Fsp3) is 0.421. The third-order valence-corrected chi connectivity index (χ3v) is 5.61. The Hall–Kier alpha value is -2.38. The van der Waals surface area contributed by atoms with Gasteiger partial charge in [0.05, 0.1) is 28.7 Å². The summed E-state index contributed by atoms with van der Waals surface area (Å²) in [5, 5.41) is 10.9. The topological polar surface area (TPSA) is 79.3 Å². The minimum absolute atomic E-state index is 0.136. The highest BCUT2D eigenvalue weighted by molar-refractivity contribution is 6.34. The Morgan fingerprint density at radius 1 is 1.15 bits per heavy atom. The van der Waals surface area contributed by atoms with Gasteiger partial charge in [0.2, 0.25) is 5.91 Å². The smallest absolute Gasteiger partial charge is 0.258 e. The lowest BCUT2D eigenvalue weighted by Gasteiger charge is -2.37. The largest absolute Gasteiger partial charge is 0.342 e. The van der Waals surface area contributed by atoms with E-state index in [0.717, 1.165) is 39.0 Å².